The second-order valence-electron chi connectivity index (χ2n) is 7.13. The lowest BCUT2D eigenvalue weighted by atomic mass is 9.94. The Kier molecular flexibility index (Phi) is 4.56. The summed E-state index contributed by atoms with van der Waals surface area (Å²) in [5.74, 6) is 1.38. The summed E-state index contributed by atoms with van der Waals surface area (Å²) in [6.45, 7) is 5.07. The summed E-state index contributed by atoms with van der Waals surface area (Å²) in [6, 6.07) is 10.1. The van der Waals surface area contributed by atoms with Gasteiger partial charge in [-0.15, -0.1) is 0 Å². The standard InChI is InChI=1S/C21H22FN3O2/c1-13-10-18(14(2)27-13)21(26)25-9-3-4-16(12-25)20-11-19(23-24-20)15-5-7-17(22)8-6-15/h5-8,10-11,16H,3-4,9,12H2,1-2H3,(H,23,24)/t16-/m0/s1. The Balaban J connectivity index is 1.51. The number of aryl methyl sites for hydroxylation is 2. The van der Waals surface area contributed by atoms with E-state index in [0.29, 0.717) is 17.9 Å². The third-order valence-electron chi connectivity index (χ3n) is 5.16. The molecule has 140 valence electrons. The van der Waals surface area contributed by atoms with Crippen LogP contribution in [0.1, 0.15) is 46.3 Å². The zero-order valence-electron chi connectivity index (χ0n) is 15.5. The van der Waals surface area contributed by atoms with E-state index < -0.39 is 0 Å². The maximum atomic E-state index is 13.1. The SMILES string of the molecule is Cc1cc(C(=O)N2CCC[C@H](c3cc(-c4ccc(F)cc4)n[nH]3)C2)c(C)o1. The highest BCUT2D eigenvalue weighted by Gasteiger charge is 2.28. The normalized spacial score (nSPS) is 17.3. The molecule has 3 heterocycles. The van der Waals surface area contributed by atoms with E-state index in [2.05, 4.69) is 10.2 Å². The number of piperidine rings is 1. The quantitative estimate of drug-likeness (QED) is 0.744. The van der Waals surface area contributed by atoms with Gasteiger partial charge in [0, 0.05) is 30.3 Å². The lowest BCUT2D eigenvalue weighted by Crippen LogP contribution is -2.39. The summed E-state index contributed by atoms with van der Waals surface area (Å²) >= 11 is 0. The summed E-state index contributed by atoms with van der Waals surface area (Å²) in [7, 11) is 0. The van der Waals surface area contributed by atoms with Gasteiger partial charge in [-0.3, -0.25) is 9.89 Å². The van der Waals surface area contributed by atoms with Crippen LogP contribution in [0.15, 0.2) is 40.8 Å². The van der Waals surface area contributed by atoms with Crippen LogP contribution < -0.4 is 0 Å². The molecule has 0 radical (unpaired) electrons. The van der Waals surface area contributed by atoms with Gasteiger partial charge in [0.25, 0.3) is 5.91 Å². The number of aromatic nitrogens is 2. The number of nitrogens with one attached hydrogen (secondary N) is 1. The highest BCUT2D eigenvalue weighted by atomic mass is 19.1. The van der Waals surface area contributed by atoms with Crippen molar-refractivity contribution in [3.8, 4) is 11.3 Å². The highest BCUT2D eigenvalue weighted by molar-refractivity contribution is 5.95. The number of carbonyl (C=O) groups excluding carboxylic acids is 1. The smallest absolute Gasteiger partial charge is 0.257 e. The summed E-state index contributed by atoms with van der Waals surface area (Å²) in [5, 5.41) is 7.47. The zero-order valence-corrected chi connectivity index (χ0v) is 15.5. The molecule has 0 aliphatic carbocycles. The molecule has 1 aliphatic heterocycles. The van der Waals surface area contributed by atoms with E-state index in [0.717, 1.165) is 42.1 Å². The Morgan fingerprint density at radius 2 is 2.04 bits per heavy atom. The fourth-order valence-electron chi connectivity index (χ4n) is 3.74. The van der Waals surface area contributed by atoms with Gasteiger partial charge in [0.1, 0.15) is 17.3 Å². The van der Waals surface area contributed by atoms with Gasteiger partial charge < -0.3 is 9.32 Å². The summed E-state index contributed by atoms with van der Waals surface area (Å²) in [6.07, 6.45) is 1.94. The molecule has 4 rings (SSSR count). The fraction of sp³-hybridized carbons (Fsp3) is 0.333. The van der Waals surface area contributed by atoms with Crippen LogP contribution in [0, 0.1) is 19.7 Å². The maximum absolute atomic E-state index is 13.1. The number of halogens is 1. The van der Waals surface area contributed by atoms with Crippen molar-refractivity contribution in [2.75, 3.05) is 13.1 Å². The molecular formula is C21H22FN3O2. The number of H-pyrrole nitrogens is 1. The Morgan fingerprint density at radius 3 is 2.74 bits per heavy atom. The molecule has 0 spiro atoms. The minimum absolute atomic E-state index is 0.0207. The molecule has 0 saturated carbocycles. The van der Waals surface area contributed by atoms with Crippen molar-refractivity contribution in [3.63, 3.8) is 0 Å². The fourth-order valence-corrected chi connectivity index (χ4v) is 3.74. The molecular weight excluding hydrogens is 345 g/mol. The van der Waals surface area contributed by atoms with E-state index in [1.54, 1.807) is 12.1 Å². The average molecular weight is 367 g/mol. The van der Waals surface area contributed by atoms with Crippen molar-refractivity contribution in [3.05, 3.63) is 65.0 Å². The van der Waals surface area contributed by atoms with Crippen LogP contribution in [0.25, 0.3) is 11.3 Å². The Bertz CT molecular complexity index is 958. The number of aromatic amines is 1. The Hall–Kier alpha value is -2.89. The molecule has 2 aromatic heterocycles. The third-order valence-corrected chi connectivity index (χ3v) is 5.16. The number of amides is 1. The maximum Gasteiger partial charge on any atom is 0.257 e. The van der Waals surface area contributed by atoms with Crippen LogP contribution in [0.4, 0.5) is 4.39 Å². The molecule has 5 nitrogen and oxygen atoms in total. The molecule has 6 heteroatoms. The summed E-state index contributed by atoms with van der Waals surface area (Å²) in [4.78, 5) is 14.8. The molecule has 27 heavy (non-hydrogen) atoms. The molecule has 1 amide bonds. The number of carbonyl (C=O) groups is 1. The van der Waals surface area contributed by atoms with E-state index in [1.165, 1.54) is 12.1 Å². The molecule has 1 aromatic carbocycles. The molecule has 1 aliphatic rings. The van der Waals surface area contributed by atoms with Gasteiger partial charge >= 0.3 is 0 Å². The number of rotatable bonds is 3. The van der Waals surface area contributed by atoms with Gasteiger partial charge in [0.05, 0.1) is 11.3 Å². The van der Waals surface area contributed by atoms with E-state index in [-0.39, 0.29) is 17.6 Å². The van der Waals surface area contributed by atoms with E-state index >= 15 is 0 Å². The van der Waals surface area contributed by atoms with Crippen LogP contribution >= 0.6 is 0 Å². The number of likely N-dealkylation sites (tertiary alicyclic amines) is 1. The van der Waals surface area contributed by atoms with Gasteiger partial charge in [-0.25, -0.2) is 4.39 Å². The van der Waals surface area contributed by atoms with Gasteiger partial charge in [0.15, 0.2) is 0 Å². The van der Waals surface area contributed by atoms with Crippen LogP contribution in [0.3, 0.4) is 0 Å². The minimum atomic E-state index is -0.263. The van der Waals surface area contributed by atoms with Crippen LogP contribution in [0.2, 0.25) is 0 Å². The molecule has 0 bridgehead atoms. The number of hydrogen-bond donors (Lipinski definition) is 1. The van der Waals surface area contributed by atoms with Crippen molar-refractivity contribution < 1.29 is 13.6 Å². The van der Waals surface area contributed by atoms with Crippen LogP contribution in [-0.2, 0) is 0 Å². The number of hydrogen-bond acceptors (Lipinski definition) is 3. The lowest BCUT2D eigenvalue weighted by Gasteiger charge is -2.32. The van der Waals surface area contributed by atoms with Crippen molar-refractivity contribution in [2.45, 2.75) is 32.6 Å². The van der Waals surface area contributed by atoms with Crippen molar-refractivity contribution in [2.24, 2.45) is 0 Å². The lowest BCUT2D eigenvalue weighted by molar-refractivity contribution is 0.0704. The van der Waals surface area contributed by atoms with Crippen molar-refractivity contribution in [1.82, 2.24) is 15.1 Å². The van der Waals surface area contributed by atoms with Crippen LogP contribution in [-0.4, -0.2) is 34.1 Å². The van der Waals surface area contributed by atoms with Gasteiger partial charge in [-0.2, -0.15) is 5.10 Å². The predicted octanol–water partition coefficient (Wildman–Crippen LogP) is 4.45. The number of furan rings is 1. The monoisotopic (exact) mass is 367 g/mol. The first-order chi connectivity index (χ1) is 13.0. The predicted molar refractivity (Wildman–Crippen MR) is 100 cm³/mol. The average Bonchev–Trinajstić information content (AvgIpc) is 3.28. The topological polar surface area (TPSA) is 62.1 Å². The van der Waals surface area contributed by atoms with E-state index in [1.807, 2.05) is 30.9 Å². The second kappa shape index (κ2) is 7.02. The first kappa shape index (κ1) is 17.5. The molecule has 1 N–H and O–H groups in total. The molecule has 0 unspecified atom stereocenters. The highest BCUT2D eigenvalue weighted by Crippen LogP contribution is 2.30. The first-order valence-electron chi connectivity index (χ1n) is 9.19. The minimum Gasteiger partial charge on any atom is -0.466 e. The number of benzene rings is 1. The van der Waals surface area contributed by atoms with Gasteiger partial charge in [0.2, 0.25) is 0 Å². The van der Waals surface area contributed by atoms with E-state index in [9.17, 15) is 9.18 Å². The molecule has 1 fully saturated rings. The van der Waals surface area contributed by atoms with Gasteiger partial charge in [-0.05, 0) is 63.1 Å². The largest absolute Gasteiger partial charge is 0.466 e. The molecule has 1 saturated heterocycles. The van der Waals surface area contributed by atoms with Gasteiger partial charge in [-0.1, -0.05) is 0 Å². The van der Waals surface area contributed by atoms with E-state index in [4.69, 9.17) is 4.42 Å². The Labute approximate surface area is 157 Å². The summed E-state index contributed by atoms with van der Waals surface area (Å²) < 4.78 is 18.6. The third kappa shape index (κ3) is 3.52. The Morgan fingerprint density at radius 1 is 1.26 bits per heavy atom. The summed E-state index contributed by atoms with van der Waals surface area (Å²) in [5.41, 5.74) is 3.30. The second-order valence-corrected chi connectivity index (χ2v) is 7.13. The number of nitrogens with zero attached hydrogens (tertiary/aromatic N) is 2. The first-order valence-corrected chi connectivity index (χ1v) is 9.19. The van der Waals surface area contributed by atoms with Crippen molar-refractivity contribution >= 4 is 5.91 Å². The molecule has 1 atom stereocenters. The zero-order chi connectivity index (χ0) is 19.0. The van der Waals surface area contributed by atoms with Crippen LogP contribution in [0.5, 0.6) is 0 Å². The van der Waals surface area contributed by atoms with Crippen molar-refractivity contribution in [1.29, 1.82) is 0 Å². The molecule has 3 aromatic rings.